The molecule has 0 aliphatic heterocycles. The van der Waals surface area contributed by atoms with Crippen LogP contribution in [0.25, 0.3) is 0 Å². The van der Waals surface area contributed by atoms with Crippen LogP contribution < -0.4 is 0 Å². The summed E-state index contributed by atoms with van der Waals surface area (Å²) in [5, 5.41) is 18.3. The first kappa shape index (κ1) is 14.9. The summed E-state index contributed by atoms with van der Waals surface area (Å²) in [4.78, 5) is 2.29. The van der Waals surface area contributed by atoms with E-state index in [2.05, 4.69) is 32.6 Å². The molecule has 0 radical (unpaired) electrons. The first-order valence-electron chi connectivity index (χ1n) is 5.96. The van der Waals surface area contributed by atoms with Gasteiger partial charge in [0.15, 0.2) is 0 Å². The van der Waals surface area contributed by atoms with Crippen molar-refractivity contribution in [3.8, 4) is 0 Å². The molecule has 0 aliphatic rings. The van der Waals surface area contributed by atoms with Crippen molar-refractivity contribution >= 4 is 0 Å². The van der Waals surface area contributed by atoms with Gasteiger partial charge in [-0.1, -0.05) is 27.7 Å². The van der Waals surface area contributed by atoms with Gasteiger partial charge in [-0.05, 0) is 12.8 Å². The van der Waals surface area contributed by atoms with Crippen molar-refractivity contribution < 1.29 is 10.2 Å². The predicted molar refractivity (Wildman–Crippen MR) is 63.9 cm³/mol. The molecule has 0 saturated carbocycles. The second-order valence-electron chi connectivity index (χ2n) is 4.99. The van der Waals surface area contributed by atoms with Crippen molar-refractivity contribution in [3.63, 3.8) is 0 Å². The normalized spacial score (nSPS) is 12.8. The fourth-order valence-corrected chi connectivity index (χ4v) is 1.92. The number of hydrogen-bond donors (Lipinski definition) is 2. The minimum absolute atomic E-state index is 0.0856. The zero-order valence-electron chi connectivity index (χ0n) is 10.7. The summed E-state index contributed by atoms with van der Waals surface area (Å²) < 4.78 is 0. The first-order valence-corrected chi connectivity index (χ1v) is 5.96. The van der Waals surface area contributed by atoms with Crippen LogP contribution in [0.2, 0.25) is 0 Å². The third-order valence-corrected chi connectivity index (χ3v) is 2.91. The van der Waals surface area contributed by atoms with Crippen LogP contribution in [0.4, 0.5) is 0 Å². The average Bonchev–Trinajstić information content (AvgIpc) is 2.19. The molecule has 0 atom stereocenters. The van der Waals surface area contributed by atoms with Crippen LogP contribution in [-0.2, 0) is 0 Å². The van der Waals surface area contributed by atoms with Gasteiger partial charge in [-0.2, -0.15) is 0 Å². The molecular formula is C12H27NO2. The number of hydrogen-bond acceptors (Lipinski definition) is 3. The van der Waals surface area contributed by atoms with Gasteiger partial charge in [0.1, 0.15) is 0 Å². The van der Waals surface area contributed by atoms with Gasteiger partial charge in [-0.15, -0.1) is 0 Å². The third kappa shape index (κ3) is 5.50. The summed E-state index contributed by atoms with van der Waals surface area (Å²) in [6.07, 6.45) is 2.19. The Labute approximate surface area is 94.1 Å². The quantitative estimate of drug-likeness (QED) is 0.647. The Kier molecular flexibility index (Phi) is 7.14. The van der Waals surface area contributed by atoms with Gasteiger partial charge in [-0.25, -0.2) is 0 Å². The van der Waals surface area contributed by atoms with Crippen LogP contribution in [0.15, 0.2) is 0 Å². The molecular weight excluding hydrogens is 190 g/mol. The second kappa shape index (κ2) is 7.20. The number of nitrogens with zero attached hydrogens (tertiary/aromatic N) is 1. The van der Waals surface area contributed by atoms with Crippen LogP contribution in [0, 0.1) is 5.41 Å². The Hall–Kier alpha value is -0.120. The van der Waals surface area contributed by atoms with Gasteiger partial charge in [0, 0.05) is 31.2 Å². The maximum absolute atomic E-state index is 9.25. The van der Waals surface area contributed by atoms with Crippen LogP contribution in [0.5, 0.6) is 0 Å². The number of aliphatic hydroxyl groups is 2. The molecule has 0 spiro atoms. The molecule has 0 aliphatic carbocycles. The van der Waals surface area contributed by atoms with Crippen molar-refractivity contribution in [2.75, 3.05) is 26.3 Å². The molecule has 3 nitrogen and oxygen atoms in total. The molecule has 0 fully saturated rings. The highest BCUT2D eigenvalue weighted by Gasteiger charge is 2.24. The summed E-state index contributed by atoms with van der Waals surface area (Å²) in [7, 11) is 0. The Morgan fingerprint density at radius 1 is 1.13 bits per heavy atom. The highest BCUT2D eigenvalue weighted by molar-refractivity contribution is 4.77. The maximum atomic E-state index is 9.25. The van der Waals surface area contributed by atoms with E-state index in [1.807, 2.05) is 0 Å². The molecule has 0 rings (SSSR count). The van der Waals surface area contributed by atoms with Gasteiger partial charge < -0.3 is 10.2 Å². The van der Waals surface area contributed by atoms with E-state index in [1.54, 1.807) is 0 Å². The molecule has 2 N–H and O–H groups in total. The second-order valence-corrected chi connectivity index (χ2v) is 4.99. The smallest absolute Gasteiger partial charge is 0.0558 e. The lowest BCUT2D eigenvalue weighted by molar-refractivity contribution is 0.0629. The van der Waals surface area contributed by atoms with Crippen molar-refractivity contribution in [2.24, 2.45) is 5.41 Å². The Morgan fingerprint density at radius 2 is 1.67 bits per heavy atom. The van der Waals surface area contributed by atoms with Gasteiger partial charge in [0.05, 0.1) is 6.61 Å². The topological polar surface area (TPSA) is 43.7 Å². The standard InChI is InChI=1S/C12H27NO2/c1-5-11(6-2)13(7-8-14)9-12(3,4)10-15/h11,14-15H,5-10H2,1-4H3. The molecule has 0 bridgehead atoms. The van der Waals surface area contributed by atoms with Gasteiger partial charge >= 0.3 is 0 Å². The predicted octanol–water partition coefficient (Wildman–Crippen LogP) is 1.49. The number of rotatable bonds is 8. The van der Waals surface area contributed by atoms with E-state index in [0.717, 1.165) is 19.4 Å². The zero-order valence-corrected chi connectivity index (χ0v) is 10.7. The molecule has 0 saturated heterocycles. The van der Waals surface area contributed by atoms with E-state index in [0.29, 0.717) is 12.6 Å². The van der Waals surface area contributed by atoms with E-state index in [1.165, 1.54) is 0 Å². The van der Waals surface area contributed by atoms with E-state index >= 15 is 0 Å². The summed E-state index contributed by atoms with van der Waals surface area (Å²) in [5.74, 6) is 0. The highest BCUT2D eigenvalue weighted by atomic mass is 16.3. The molecule has 0 aromatic rings. The van der Waals surface area contributed by atoms with Crippen molar-refractivity contribution in [3.05, 3.63) is 0 Å². The molecule has 0 amide bonds. The van der Waals surface area contributed by atoms with E-state index in [4.69, 9.17) is 5.11 Å². The largest absolute Gasteiger partial charge is 0.396 e. The van der Waals surface area contributed by atoms with Gasteiger partial charge in [0.25, 0.3) is 0 Å². The molecule has 0 unspecified atom stereocenters. The summed E-state index contributed by atoms with van der Waals surface area (Å²) in [5.41, 5.74) is -0.0856. The SMILES string of the molecule is CCC(CC)N(CCO)CC(C)(C)CO. The summed E-state index contributed by atoms with van der Waals surface area (Å²) in [6, 6.07) is 0.517. The molecule has 0 aromatic carbocycles. The van der Waals surface area contributed by atoms with Crippen molar-refractivity contribution in [1.82, 2.24) is 4.90 Å². The first-order chi connectivity index (χ1) is 7.00. The van der Waals surface area contributed by atoms with Crippen LogP contribution >= 0.6 is 0 Å². The third-order valence-electron chi connectivity index (χ3n) is 2.91. The number of aliphatic hydroxyl groups excluding tert-OH is 2. The minimum atomic E-state index is -0.0856. The average molecular weight is 217 g/mol. The Morgan fingerprint density at radius 3 is 2.00 bits per heavy atom. The van der Waals surface area contributed by atoms with E-state index in [-0.39, 0.29) is 18.6 Å². The summed E-state index contributed by atoms with van der Waals surface area (Å²) in [6.45, 7) is 10.4. The van der Waals surface area contributed by atoms with Gasteiger partial charge in [-0.3, -0.25) is 4.90 Å². The molecule has 3 heteroatoms. The van der Waals surface area contributed by atoms with E-state index < -0.39 is 0 Å². The minimum Gasteiger partial charge on any atom is -0.396 e. The lowest BCUT2D eigenvalue weighted by Crippen LogP contribution is -2.43. The maximum Gasteiger partial charge on any atom is 0.0558 e. The monoisotopic (exact) mass is 217 g/mol. The van der Waals surface area contributed by atoms with Crippen molar-refractivity contribution in [2.45, 2.75) is 46.6 Å². The van der Waals surface area contributed by atoms with Crippen LogP contribution in [-0.4, -0.2) is 47.5 Å². The Bertz CT molecular complexity index is 156. The highest BCUT2D eigenvalue weighted by Crippen LogP contribution is 2.19. The fourth-order valence-electron chi connectivity index (χ4n) is 1.92. The fraction of sp³-hybridized carbons (Fsp3) is 1.00. The lowest BCUT2D eigenvalue weighted by Gasteiger charge is -2.36. The van der Waals surface area contributed by atoms with Crippen LogP contribution in [0.3, 0.4) is 0 Å². The van der Waals surface area contributed by atoms with Crippen molar-refractivity contribution in [1.29, 1.82) is 0 Å². The van der Waals surface area contributed by atoms with Gasteiger partial charge in [0.2, 0.25) is 0 Å². The molecule has 0 heterocycles. The van der Waals surface area contributed by atoms with E-state index in [9.17, 15) is 5.11 Å². The lowest BCUT2D eigenvalue weighted by atomic mass is 9.93. The molecule has 92 valence electrons. The molecule has 0 aromatic heterocycles. The summed E-state index contributed by atoms with van der Waals surface area (Å²) >= 11 is 0. The Balaban J connectivity index is 4.37. The zero-order chi connectivity index (χ0) is 11.9. The molecule has 15 heavy (non-hydrogen) atoms. The van der Waals surface area contributed by atoms with Crippen LogP contribution in [0.1, 0.15) is 40.5 Å².